The Morgan fingerprint density at radius 1 is 1.28 bits per heavy atom. The van der Waals surface area contributed by atoms with Gasteiger partial charge in [0.1, 0.15) is 11.6 Å². The van der Waals surface area contributed by atoms with Crippen LogP contribution in [-0.2, 0) is 11.2 Å². The normalized spacial score (nSPS) is 20.4. The first-order chi connectivity index (χ1) is 12.1. The number of hydrogen-bond donors (Lipinski definition) is 0. The van der Waals surface area contributed by atoms with Crippen molar-refractivity contribution < 1.29 is 18.3 Å². The molecule has 0 radical (unpaired) electrons. The second-order valence-corrected chi connectivity index (χ2v) is 6.51. The lowest BCUT2D eigenvalue weighted by Crippen LogP contribution is -2.41. The molecule has 0 bridgehead atoms. The van der Waals surface area contributed by atoms with Crippen LogP contribution in [0.25, 0.3) is 0 Å². The number of aryl methyl sites for hydroxylation is 1. The van der Waals surface area contributed by atoms with Crippen LogP contribution >= 0.6 is 0 Å². The molecule has 134 valence electrons. The van der Waals surface area contributed by atoms with Crippen molar-refractivity contribution in [1.29, 1.82) is 0 Å². The average molecular weight is 345 g/mol. The number of nitrogens with zero attached hydrogens (tertiary/aromatic N) is 1. The molecule has 0 N–H and O–H groups in total. The minimum absolute atomic E-state index is 0.0121. The summed E-state index contributed by atoms with van der Waals surface area (Å²) >= 11 is 0. The molecule has 1 aliphatic rings. The fraction of sp³-hybridized carbons (Fsp3) is 0.450. The lowest BCUT2D eigenvalue weighted by atomic mass is 9.96. The third-order valence-electron chi connectivity index (χ3n) is 4.82. The molecule has 2 aromatic rings. The van der Waals surface area contributed by atoms with Crippen LogP contribution < -0.4 is 0 Å². The molecule has 5 heteroatoms. The van der Waals surface area contributed by atoms with Crippen molar-refractivity contribution >= 4 is 5.91 Å². The van der Waals surface area contributed by atoms with E-state index in [9.17, 15) is 9.18 Å². The van der Waals surface area contributed by atoms with Crippen molar-refractivity contribution in [2.75, 3.05) is 13.7 Å². The zero-order chi connectivity index (χ0) is 17.8. The number of carbonyl (C=O) groups excluding carboxylic acids is 1. The second-order valence-electron chi connectivity index (χ2n) is 6.51. The number of ether oxygens (including phenoxy) is 1. The molecule has 3 rings (SSSR count). The van der Waals surface area contributed by atoms with Gasteiger partial charge in [0.15, 0.2) is 0 Å². The zero-order valence-electron chi connectivity index (χ0n) is 14.7. The SMILES string of the molecule is CCCc1occc1C(=O)N(C)[C@H]1CCO[C@@H](c2ccc(F)cc2)C1. The van der Waals surface area contributed by atoms with Crippen molar-refractivity contribution in [2.24, 2.45) is 0 Å². The molecule has 0 saturated carbocycles. The number of hydrogen-bond acceptors (Lipinski definition) is 3. The van der Waals surface area contributed by atoms with Gasteiger partial charge in [0.2, 0.25) is 0 Å². The average Bonchev–Trinajstić information content (AvgIpc) is 3.10. The Labute approximate surface area is 147 Å². The summed E-state index contributed by atoms with van der Waals surface area (Å²) in [5.74, 6) is 0.482. The van der Waals surface area contributed by atoms with Gasteiger partial charge in [0.25, 0.3) is 5.91 Å². The molecule has 1 aliphatic heterocycles. The third kappa shape index (κ3) is 3.93. The van der Waals surface area contributed by atoms with Gasteiger partial charge in [-0.3, -0.25) is 4.79 Å². The summed E-state index contributed by atoms with van der Waals surface area (Å²) in [6.45, 7) is 2.64. The van der Waals surface area contributed by atoms with E-state index >= 15 is 0 Å². The number of halogens is 1. The van der Waals surface area contributed by atoms with E-state index in [0.29, 0.717) is 18.6 Å². The first kappa shape index (κ1) is 17.7. The van der Waals surface area contributed by atoms with E-state index in [1.54, 1.807) is 29.4 Å². The van der Waals surface area contributed by atoms with Gasteiger partial charge in [-0.05, 0) is 43.0 Å². The molecule has 1 saturated heterocycles. The summed E-state index contributed by atoms with van der Waals surface area (Å²) in [6, 6.07) is 8.22. The van der Waals surface area contributed by atoms with E-state index in [-0.39, 0.29) is 23.9 Å². The van der Waals surface area contributed by atoms with Crippen LogP contribution in [0, 0.1) is 5.82 Å². The molecule has 4 nitrogen and oxygen atoms in total. The molecule has 1 aromatic carbocycles. The van der Waals surface area contributed by atoms with Gasteiger partial charge in [-0.1, -0.05) is 19.1 Å². The van der Waals surface area contributed by atoms with Crippen LogP contribution in [0.1, 0.15) is 54.0 Å². The molecular formula is C20H24FNO3. The predicted octanol–water partition coefficient (Wildman–Crippen LogP) is 4.36. The minimum Gasteiger partial charge on any atom is -0.469 e. The topological polar surface area (TPSA) is 42.7 Å². The summed E-state index contributed by atoms with van der Waals surface area (Å²) in [4.78, 5) is 14.7. The fourth-order valence-electron chi connectivity index (χ4n) is 3.35. The first-order valence-corrected chi connectivity index (χ1v) is 8.80. The number of carbonyl (C=O) groups is 1. The summed E-state index contributed by atoms with van der Waals surface area (Å²) in [6.07, 6.45) is 4.65. The van der Waals surface area contributed by atoms with Gasteiger partial charge in [0, 0.05) is 26.1 Å². The number of rotatable bonds is 5. The number of amides is 1. The zero-order valence-corrected chi connectivity index (χ0v) is 14.7. The highest BCUT2D eigenvalue weighted by Gasteiger charge is 2.30. The van der Waals surface area contributed by atoms with E-state index in [2.05, 4.69) is 6.92 Å². The monoisotopic (exact) mass is 345 g/mol. The van der Waals surface area contributed by atoms with Crippen LogP contribution in [0.2, 0.25) is 0 Å². The van der Waals surface area contributed by atoms with Gasteiger partial charge >= 0.3 is 0 Å². The molecule has 0 spiro atoms. The van der Waals surface area contributed by atoms with Crippen molar-refractivity contribution in [3.8, 4) is 0 Å². The first-order valence-electron chi connectivity index (χ1n) is 8.80. The van der Waals surface area contributed by atoms with E-state index in [1.165, 1.54) is 12.1 Å². The maximum absolute atomic E-state index is 13.1. The maximum Gasteiger partial charge on any atom is 0.257 e. The van der Waals surface area contributed by atoms with Gasteiger partial charge in [-0.15, -0.1) is 0 Å². The standard InChI is InChI=1S/C20H24FNO3/c1-3-4-18-17(10-12-24-18)20(23)22(2)16-9-11-25-19(13-16)14-5-7-15(21)8-6-14/h5-8,10,12,16,19H,3-4,9,11,13H2,1-2H3/t16-,19+/m0/s1. The summed E-state index contributed by atoms with van der Waals surface area (Å²) < 4.78 is 24.4. The quantitative estimate of drug-likeness (QED) is 0.808. The van der Waals surface area contributed by atoms with E-state index in [4.69, 9.17) is 9.15 Å². The lowest BCUT2D eigenvalue weighted by Gasteiger charge is -2.35. The van der Waals surface area contributed by atoms with E-state index in [1.807, 2.05) is 7.05 Å². The molecule has 2 heterocycles. The van der Waals surface area contributed by atoms with Crippen molar-refractivity contribution in [1.82, 2.24) is 4.90 Å². The van der Waals surface area contributed by atoms with Crippen LogP contribution in [-0.4, -0.2) is 30.5 Å². The Morgan fingerprint density at radius 2 is 2.04 bits per heavy atom. The van der Waals surface area contributed by atoms with Crippen LogP contribution in [0.5, 0.6) is 0 Å². The van der Waals surface area contributed by atoms with Crippen LogP contribution in [0.3, 0.4) is 0 Å². The Kier molecular flexibility index (Phi) is 5.53. The largest absolute Gasteiger partial charge is 0.469 e. The molecule has 0 unspecified atom stereocenters. The molecule has 1 aromatic heterocycles. The predicted molar refractivity (Wildman–Crippen MR) is 92.9 cm³/mol. The molecule has 25 heavy (non-hydrogen) atoms. The number of benzene rings is 1. The Morgan fingerprint density at radius 3 is 2.76 bits per heavy atom. The third-order valence-corrected chi connectivity index (χ3v) is 4.82. The molecule has 0 aliphatic carbocycles. The highest BCUT2D eigenvalue weighted by Crippen LogP contribution is 2.31. The van der Waals surface area contributed by atoms with Gasteiger partial charge in [0.05, 0.1) is 17.9 Å². The van der Waals surface area contributed by atoms with Gasteiger partial charge in [-0.2, -0.15) is 0 Å². The van der Waals surface area contributed by atoms with Crippen molar-refractivity contribution in [2.45, 2.75) is 44.8 Å². The summed E-state index contributed by atoms with van der Waals surface area (Å²) in [5.41, 5.74) is 1.59. The molecule has 1 amide bonds. The Bertz CT molecular complexity index is 710. The highest BCUT2D eigenvalue weighted by atomic mass is 19.1. The lowest BCUT2D eigenvalue weighted by molar-refractivity contribution is -0.0197. The summed E-state index contributed by atoms with van der Waals surface area (Å²) in [5, 5.41) is 0. The van der Waals surface area contributed by atoms with Crippen LogP contribution in [0.15, 0.2) is 41.0 Å². The molecule has 2 atom stereocenters. The molecular weight excluding hydrogens is 321 g/mol. The smallest absolute Gasteiger partial charge is 0.257 e. The minimum atomic E-state index is -0.258. The second kappa shape index (κ2) is 7.83. The van der Waals surface area contributed by atoms with Crippen LogP contribution in [0.4, 0.5) is 4.39 Å². The van der Waals surface area contributed by atoms with Crippen molar-refractivity contribution in [3.63, 3.8) is 0 Å². The summed E-state index contributed by atoms with van der Waals surface area (Å²) in [7, 11) is 1.84. The molecule has 1 fully saturated rings. The van der Waals surface area contributed by atoms with Crippen molar-refractivity contribution in [3.05, 3.63) is 59.3 Å². The van der Waals surface area contributed by atoms with Gasteiger partial charge in [-0.25, -0.2) is 4.39 Å². The van der Waals surface area contributed by atoms with E-state index < -0.39 is 0 Å². The number of furan rings is 1. The Hall–Kier alpha value is -2.14. The maximum atomic E-state index is 13.1. The fourth-order valence-corrected chi connectivity index (χ4v) is 3.35. The highest BCUT2D eigenvalue weighted by molar-refractivity contribution is 5.95. The van der Waals surface area contributed by atoms with Gasteiger partial charge < -0.3 is 14.1 Å². The Balaban J connectivity index is 1.71. The van der Waals surface area contributed by atoms with E-state index in [0.717, 1.165) is 30.6 Å².